The summed E-state index contributed by atoms with van der Waals surface area (Å²) in [6, 6.07) is 15.1. The molecule has 0 radical (unpaired) electrons. The van der Waals surface area contributed by atoms with Crippen LogP contribution < -0.4 is 0 Å². The summed E-state index contributed by atoms with van der Waals surface area (Å²) in [5, 5.41) is 0. The second-order valence-corrected chi connectivity index (χ2v) is 4.16. The minimum absolute atomic E-state index is 1.20. The monoisotopic (exact) mass is 238 g/mol. The Hall–Kier alpha value is -1.82. The lowest BCUT2D eigenvalue weighted by atomic mass is 9.97. The Balaban J connectivity index is 0.000000771. The van der Waals surface area contributed by atoms with Crippen LogP contribution in [0.5, 0.6) is 0 Å². The predicted molar refractivity (Wildman–Crippen MR) is 82.8 cm³/mol. The molecule has 0 heteroatoms. The van der Waals surface area contributed by atoms with Crippen LogP contribution in [0.3, 0.4) is 0 Å². The molecule has 0 N–H and O–H groups in total. The van der Waals surface area contributed by atoms with Gasteiger partial charge in [-0.1, -0.05) is 80.1 Å². The van der Waals surface area contributed by atoms with Crippen molar-refractivity contribution < 1.29 is 0 Å². The zero-order valence-electron chi connectivity index (χ0n) is 11.8. The van der Waals surface area contributed by atoms with E-state index in [1.165, 1.54) is 27.8 Å². The van der Waals surface area contributed by atoms with Gasteiger partial charge in [0.2, 0.25) is 0 Å². The van der Waals surface area contributed by atoms with Crippen molar-refractivity contribution in [2.75, 3.05) is 0 Å². The molecule has 0 aliphatic rings. The van der Waals surface area contributed by atoms with Crippen LogP contribution in [-0.4, -0.2) is 0 Å². The van der Waals surface area contributed by atoms with Crippen LogP contribution in [0.15, 0.2) is 49.0 Å². The molecule has 0 amide bonds. The van der Waals surface area contributed by atoms with E-state index in [4.69, 9.17) is 0 Å². The summed E-state index contributed by atoms with van der Waals surface area (Å²) in [5.74, 6) is 0. The average Bonchev–Trinajstić information content (AvgIpc) is 2.42. The van der Waals surface area contributed by atoms with E-state index in [2.05, 4.69) is 62.9 Å². The van der Waals surface area contributed by atoms with Crippen molar-refractivity contribution in [2.24, 2.45) is 0 Å². The van der Waals surface area contributed by atoms with Gasteiger partial charge in [0.1, 0.15) is 0 Å². The predicted octanol–water partition coefficient (Wildman–Crippen LogP) is 5.64. The Bertz CT molecular complexity index is 504. The van der Waals surface area contributed by atoms with Gasteiger partial charge in [-0.3, -0.25) is 0 Å². The molecule has 0 nitrogen and oxygen atoms in total. The van der Waals surface area contributed by atoms with Crippen LogP contribution in [0.2, 0.25) is 0 Å². The van der Waals surface area contributed by atoms with Crippen molar-refractivity contribution in [3.8, 4) is 11.1 Å². The third kappa shape index (κ3) is 3.33. The first-order valence-corrected chi connectivity index (χ1v) is 6.51. The van der Waals surface area contributed by atoms with E-state index in [1.807, 2.05) is 19.9 Å². The molecule has 2 aromatic carbocycles. The Morgan fingerprint density at radius 1 is 0.833 bits per heavy atom. The maximum absolute atomic E-state index is 3.88. The molecule has 0 bridgehead atoms. The van der Waals surface area contributed by atoms with Crippen molar-refractivity contribution >= 4 is 6.08 Å². The summed E-state index contributed by atoms with van der Waals surface area (Å²) in [5.41, 5.74) is 6.26. The van der Waals surface area contributed by atoms with Gasteiger partial charge in [-0.05, 0) is 30.5 Å². The molecule has 0 aliphatic heterocycles. The number of benzene rings is 2. The molecular formula is C18H22. The van der Waals surface area contributed by atoms with Crippen LogP contribution in [0.1, 0.15) is 30.5 Å². The minimum atomic E-state index is 1.20. The molecule has 0 spiro atoms. The molecule has 0 saturated carbocycles. The number of aryl methyl sites for hydroxylation is 2. The fourth-order valence-electron chi connectivity index (χ4n) is 1.85. The van der Waals surface area contributed by atoms with E-state index in [9.17, 15) is 0 Å². The second-order valence-electron chi connectivity index (χ2n) is 4.16. The molecule has 0 atom stereocenters. The van der Waals surface area contributed by atoms with Crippen LogP contribution in [0.25, 0.3) is 17.2 Å². The van der Waals surface area contributed by atoms with Crippen LogP contribution in [-0.2, 0) is 0 Å². The molecule has 0 heterocycles. The highest BCUT2D eigenvalue weighted by atomic mass is 14.1. The van der Waals surface area contributed by atoms with Crippen molar-refractivity contribution in [3.63, 3.8) is 0 Å². The first-order valence-electron chi connectivity index (χ1n) is 6.51. The lowest BCUT2D eigenvalue weighted by Gasteiger charge is -2.07. The smallest absolute Gasteiger partial charge is 0.0111 e. The lowest BCUT2D eigenvalue weighted by molar-refractivity contribution is 1.44. The van der Waals surface area contributed by atoms with Crippen molar-refractivity contribution in [3.05, 3.63) is 65.7 Å². The summed E-state index contributed by atoms with van der Waals surface area (Å²) < 4.78 is 0. The standard InChI is InChI=1S/C16H16.C2H6/c1-4-14-11-13(3)7-10-16(14)15-8-5-12(2)6-9-15;1-2/h4-11H,1H2,2-3H3;1-2H3. The molecule has 0 fully saturated rings. The lowest BCUT2D eigenvalue weighted by Crippen LogP contribution is -1.85. The highest BCUT2D eigenvalue weighted by molar-refractivity contribution is 5.75. The van der Waals surface area contributed by atoms with Crippen LogP contribution in [0.4, 0.5) is 0 Å². The maximum atomic E-state index is 3.88. The van der Waals surface area contributed by atoms with Gasteiger partial charge in [-0.25, -0.2) is 0 Å². The second kappa shape index (κ2) is 6.80. The van der Waals surface area contributed by atoms with E-state index in [1.54, 1.807) is 0 Å². The quantitative estimate of drug-likeness (QED) is 0.635. The molecule has 94 valence electrons. The topological polar surface area (TPSA) is 0 Å². The zero-order chi connectivity index (χ0) is 13.5. The summed E-state index contributed by atoms with van der Waals surface area (Å²) in [6.07, 6.45) is 1.92. The Kier molecular flexibility index (Phi) is 5.38. The van der Waals surface area contributed by atoms with Gasteiger partial charge in [-0.2, -0.15) is 0 Å². The number of hydrogen-bond acceptors (Lipinski definition) is 0. The third-order valence-electron chi connectivity index (χ3n) is 2.79. The van der Waals surface area contributed by atoms with Crippen LogP contribution >= 0.6 is 0 Å². The summed E-state index contributed by atoms with van der Waals surface area (Å²) >= 11 is 0. The van der Waals surface area contributed by atoms with Crippen molar-refractivity contribution in [1.82, 2.24) is 0 Å². The maximum Gasteiger partial charge on any atom is -0.0111 e. The normalized spacial score (nSPS) is 9.33. The Morgan fingerprint density at radius 3 is 1.94 bits per heavy atom. The molecule has 0 aliphatic carbocycles. The fourth-order valence-corrected chi connectivity index (χ4v) is 1.85. The van der Waals surface area contributed by atoms with Gasteiger partial charge >= 0.3 is 0 Å². The fraction of sp³-hybridized carbons (Fsp3) is 0.222. The van der Waals surface area contributed by atoms with Gasteiger partial charge in [0.05, 0.1) is 0 Å². The summed E-state index contributed by atoms with van der Waals surface area (Å²) in [7, 11) is 0. The van der Waals surface area contributed by atoms with Gasteiger partial charge in [0.25, 0.3) is 0 Å². The van der Waals surface area contributed by atoms with E-state index in [0.29, 0.717) is 0 Å². The van der Waals surface area contributed by atoms with E-state index in [-0.39, 0.29) is 0 Å². The summed E-state index contributed by atoms with van der Waals surface area (Å²) in [6.45, 7) is 12.1. The van der Waals surface area contributed by atoms with E-state index in [0.717, 1.165) is 0 Å². The first kappa shape index (κ1) is 14.2. The van der Waals surface area contributed by atoms with E-state index >= 15 is 0 Å². The van der Waals surface area contributed by atoms with Crippen molar-refractivity contribution in [1.29, 1.82) is 0 Å². The van der Waals surface area contributed by atoms with Gasteiger partial charge in [-0.15, -0.1) is 0 Å². The SMILES string of the molecule is C=Cc1cc(C)ccc1-c1ccc(C)cc1.CC. The average molecular weight is 238 g/mol. The summed E-state index contributed by atoms with van der Waals surface area (Å²) in [4.78, 5) is 0. The minimum Gasteiger partial charge on any atom is -0.0984 e. The molecule has 0 saturated heterocycles. The molecule has 2 aromatic rings. The van der Waals surface area contributed by atoms with Gasteiger partial charge < -0.3 is 0 Å². The molecular weight excluding hydrogens is 216 g/mol. The number of rotatable bonds is 2. The molecule has 0 aromatic heterocycles. The molecule has 2 rings (SSSR count). The largest absolute Gasteiger partial charge is 0.0984 e. The first-order chi connectivity index (χ1) is 8.70. The Labute approximate surface area is 111 Å². The van der Waals surface area contributed by atoms with E-state index < -0.39 is 0 Å². The van der Waals surface area contributed by atoms with Gasteiger partial charge in [0.15, 0.2) is 0 Å². The zero-order valence-corrected chi connectivity index (χ0v) is 11.8. The highest BCUT2D eigenvalue weighted by Gasteiger charge is 2.02. The molecule has 18 heavy (non-hydrogen) atoms. The highest BCUT2D eigenvalue weighted by Crippen LogP contribution is 2.25. The third-order valence-corrected chi connectivity index (χ3v) is 2.79. The Morgan fingerprint density at radius 2 is 1.39 bits per heavy atom. The molecule has 0 unspecified atom stereocenters. The number of hydrogen-bond donors (Lipinski definition) is 0. The van der Waals surface area contributed by atoms with Gasteiger partial charge in [0, 0.05) is 0 Å². The van der Waals surface area contributed by atoms with Crippen LogP contribution in [0, 0.1) is 13.8 Å². The van der Waals surface area contributed by atoms with Crippen molar-refractivity contribution in [2.45, 2.75) is 27.7 Å².